The molecule has 0 radical (unpaired) electrons. The molecule has 80 valence electrons. The summed E-state index contributed by atoms with van der Waals surface area (Å²) >= 11 is 0. The minimum absolute atomic E-state index is 0.262. The molecule has 0 aromatic carbocycles. The van der Waals surface area contributed by atoms with Gasteiger partial charge in [-0.15, -0.1) is 0 Å². The first-order valence-corrected chi connectivity index (χ1v) is 4.33. The molecule has 0 rings (SSSR count). The van der Waals surface area contributed by atoms with E-state index in [0.29, 0.717) is 26.4 Å². The fourth-order valence-electron chi connectivity index (χ4n) is 0.763. The minimum Gasteiger partial charge on any atom is -0.385 e. The highest BCUT2D eigenvalue weighted by atomic mass is 19.3. The van der Waals surface area contributed by atoms with Crippen molar-refractivity contribution >= 4 is 0 Å². The molecule has 0 atom stereocenters. The van der Waals surface area contributed by atoms with Crippen molar-refractivity contribution in [3.05, 3.63) is 0 Å². The normalized spacial score (nSPS) is 11.1. The summed E-state index contributed by atoms with van der Waals surface area (Å²) in [6.45, 7) is 1.96. The van der Waals surface area contributed by atoms with Gasteiger partial charge in [-0.1, -0.05) is 0 Å². The van der Waals surface area contributed by atoms with Crippen molar-refractivity contribution in [2.24, 2.45) is 0 Å². The number of methoxy groups -OCH3 is 1. The Balaban J connectivity index is 2.84. The van der Waals surface area contributed by atoms with Gasteiger partial charge in [0.05, 0.1) is 13.2 Å². The Morgan fingerprint density at radius 3 is 2.62 bits per heavy atom. The quantitative estimate of drug-likeness (QED) is 0.557. The first-order chi connectivity index (χ1) is 6.27. The maximum Gasteiger partial charge on any atom is 0.250 e. The number of halogens is 2. The van der Waals surface area contributed by atoms with Crippen LogP contribution in [0.2, 0.25) is 0 Å². The molecule has 3 nitrogen and oxygen atoms in total. The van der Waals surface area contributed by atoms with Crippen LogP contribution in [-0.2, 0) is 9.47 Å². The van der Waals surface area contributed by atoms with Gasteiger partial charge < -0.3 is 14.8 Å². The Labute approximate surface area is 77.4 Å². The fraction of sp³-hybridized carbons (Fsp3) is 1.00. The van der Waals surface area contributed by atoms with E-state index < -0.39 is 6.43 Å². The Kier molecular flexibility index (Phi) is 9.63. The number of alkyl halides is 2. The highest BCUT2D eigenvalue weighted by molar-refractivity contribution is 4.47. The third-order valence-electron chi connectivity index (χ3n) is 1.36. The van der Waals surface area contributed by atoms with Crippen molar-refractivity contribution in [1.29, 1.82) is 0 Å². The lowest BCUT2D eigenvalue weighted by atomic mass is 10.5. The molecular weight excluding hydrogens is 180 g/mol. The van der Waals surface area contributed by atoms with Gasteiger partial charge in [0.15, 0.2) is 0 Å². The van der Waals surface area contributed by atoms with Gasteiger partial charge in [0.1, 0.15) is 0 Å². The number of hydrogen-bond acceptors (Lipinski definition) is 3. The maximum atomic E-state index is 11.6. The van der Waals surface area contributed by atoms with E-state index in [0.717, 1.165) is 6.42 Å². The number of nitrogens with one attached hydrogen (secondary N) is 1. The SMILES string of the molecule is COCCCOCCNCC(F)F. The van der Waals surface area contributed by atoms with Gasteiger partial charge in [-0.3, -0.25) is 0 Å². The molecule has 5 heteroatoms. The first kappa shape index (κ1) is 12.7. The van der Waals surface area contributed by atoms with Gasteiger partial charge in [-0.2, -0.15) is 0 Å². The van der Waals surface area contributed by atoms with Gasteiger partial charge >= 0.3 is 0 Å². The molecule has 0 aromatic heterocycles. The third kappa shape index (κ3) is 11.7. The van der Waals surface area contributed by atoms with Crippen LogP contribution < -0.4 is 5.32 Å². The standard InChI is InChI=1S/C8H17F2NO2/c1-12-4-2-5-13-6-3-11-7-8(9)10/h8,11H,2-7H2,1H3. The van der Waals surface area contributed by atoms with Crippen molar-refractivity contribution in [2.75, 3.05) is 40.0 Å². The Morgan fingerprint density at radius 2 is 2.00 bits per heavy atom. The lowest BCUT2D eigenvalue weighted by Gasteiger charge is -2.05. The fourth-order valence-corrected chi connectivity index (χ4v) is 0.763. The van der Waals surface area contributed by atoms with Crippen LogP contribution >= 0.6 is 0 Å². The predicted octanol–water partition coefficient (Wildman–Crippen LogP) is 0.894. The molecular formula is C8H17F2NO2. The zero-order valence-electron chi connectivity index (χ0n) is 7.89. The van der Waals surface area contributed by atoms with E-state index in [1.807, 2.05) is 0 Å². The number of hydrogen-bond donors (Lipinski definition) is 1. The summed E-state index contributed by atoms with van der Waals surface area (Å²) in [7, 11) is 1.63. The lowest BCUT2D eigenvalue weighted by molar-refractivity contribution is 0.0986. The molecule has 0 bridgehead atoms. The minimum atomic E-state index is -2.28. The summed E-state index contributed by atoms with van der Waals surface area (Å²) in [5, 5.41) is 2.57. The smallest absolute Gasteiger partial charge is 0.250 e. The van der Waals surface area contributed by atoms with Gasteiger partial charge in [0, 0.05) is 26.9 Å². The molecule has 0 aromatic rings. The van der Waals surface area contributed by atoms with Crippen LogP contribution in [0.5, 0.6) is 0 Å². The monoisotopic (exact) mass is 197 g/mol. The largest absolute Gasteiger partial charge is 0.385 e. The topological polar surface area (TPSA) is 30.5 Å². The van der Waals surface area contributed by atoms with Gasteiger partial charge in [0.2, 0.25) is 0 Å². The van der Waals surface area contributed by atoms with E-state index in [9.17, 15) is 8.78 Å². The second-order valence-corrected chi connectivity index (χ2v) is 2.55. The van der Waals surface area contributed by atoms with E-state index in [2.05, 4.69) is 5.32 Å². The summed E-state index contributed by atoms with van der Waals surface area (Å²) in [5.74, 6) is 0. The van der Waals surface area contributed by atoms with Crippen LogP contribution in [0, 0.1) is 0 Å². The van der Waals surface area contributed by atoms with E-state index in [1.165, 1.54) is 0 Å². The second kappa shape index (κ2) is 9.83. The van der Waals surface area contributed by atoms with Crippen molar-refractivity contribution in [3.8, 4) is 0 Å². The molecule has 1 N–H and O–H groups in total. The summed E-state index contributed by atoms with van der Waals surface area (Å²) in [6.07, 6.45) is -1.45. The van der Waals surface area contributed by atoms with Crippen molar-refractivity contribution in [3.63, 3.8) is 0 Å². The zero-order valence-corrected chi connectivity index (χ0v) is 7.89. The second-order valence-electron chi connectivity index (χ2n) is 2.55. The molecule has 0 amide bonds. The van der Waals surface area contributed by atoms with Crippen molar-refractivity contribution in [1.82, 2.24) is 5.32 Å². The Hall–Kier alpha value is -0.260. The summed E-state index contributed by atoms with van der Waals surface area (Å²) in [5.41, 5.74) is 0. The van der Waals surface area contributed by atoms with E-state index >= 15 is 0 Å². The molecule has 13 heavy (non-hydrogen) atoms. The van der Waals surface area contributed by atoms with Crippen molar-refractivity contribution in [2.45, 2.75) is 12.8 Å². The van der Waals surface area contributed by atoms with Gasteiger partial charge in [0.25, 0.3) is 6.43 Å². The highest BCUT2D eigenvalue weighted by Crippen LogP contribution is 1.87. The maximum absolute atomic E-state index is 11.6. The van der Waals surface area contributed by atoms with E-state index in [1.54, 1.807) is 7.11 Å². The Bertz CT molecular complexity index is 104. The highest BCUT2D eigenvalue weighted by Gasteiger charge is 1.99. The van der Waals surface area contributed by atoms with Gasteiger partial charge in [-0.05, 0) is 6.42 Å². The van der Waals surface area contributed by atoms with Crippen LogP contribution in [-0.4, -0.2) is 46.4 Å². The molecule has 0 fully saturated rings. The molecule has 0 saturated heterocycles. The molecule has 0 unspecified atom stereocenters. The van der Waals surface area contributed by atoms with Crippen LogP contribution in [0.1, 0.15) is 6.42 Å². The van der Waals surface area contributed by atoms with Crippen LogP contribution in [0.25, 0.3) is 0 Å². The molecule has 0 heterocycles. The Morgan fingerprint density at radius 1 is 1.23 bits per heavy atom. The predicted molar refractivity (Wildman–Crippen MR) is 46.2 cm³/mol. The van der Waals surface area contributed by atoms with E-state index in [-0.39, 0.29) is 6.54 Å². The average Bonchev–Trinajstić information content (AvgIpc) is 2.09. The lowest BCUT2D eigenvalue weighted by Crippen LogP contribution is -2.25. The van der Waals surface area contributed by atoms with E-state index in [4.69, 9.17) is 9.47 Å². The zero-order chi connectivity index (χ0) is 9.94. The number of ether oxygens (including phenoxy) is 2. The van der Waals surface area contributed by atoms with Crippen LogP contribution in [0.15, 0.2) is 0 Å². The van der Waals surface area contributed by atoms with Crippen LogP contribution in [0.3, 0.4) is 0 Å². The van der Waals surface area contributed by atoms with Crippen LogP contribution in [0.4, 0.5) is 8.78 Å². The molecule has 0 spiro atoms. The van der Waals surface area contributed by atoms with Crippen molar-refractivity contribution < 1.29 is 18.3 Å². The molecule has 0 saturated carbocycles. The van der Waals surface area contributed by atoms with Gasteiger partial charge in [-0.25, -0.2) is 8.78 Å². The molecule has 0 aliphatic carbocycles. The summed E-state index contributed by atoms with van der Waals surface area (Å²) in [6, 6.07) is 0. The molecule has 0 aliphatic heterocycles. The number of rotatable bonds is 9. The first-order valence-electron chi connectivity index (χ1n) is 4.33. The summed E-state index contributed by atoms with van der Waals surface area (Å²) < 4.78 is 33.1. The average molecular weight is 197 g/mol. The third-order valence-corrected chi connectivity index (χ3v) is 1.36. The molecule has 0 aliphatic rings. The summed E-state index contributed by atoms with van der Waals surface area (Å²) in [4.78, 5) is 0.